The average molecular weight is 576 g/mol. The van der Waals surface area contributed by atoms with Gasteiger partial charge in [0.2, 0.25) is 11.8 Å². The summed E-state index contributed by atoms with van der Waals surface area (Å²) in [5.41, 5.74) is 3.63. The van der Waals surface area contributed by atoms with Gasteiger partial charge in [-0.05, 0) is 73.2 Å². The van der Waals surface area contributed by atoms with Crippen molar-refractivity contribution < 1.29 is 33.7 Å². The van der Waals surface area contributed by atoms with Gasteiger partial charge in [-0.25, -0.2) is 9.29 Å². The summed E-state index contributed by atoms with van der Waals surface area (Å²) in [4.78, 5) is 39.4. The van der Waals surface area contributed by atoms with Crippen molar-refractivity contribution in [1.82, 2.24) is 0 Å². The molecule has 42 heavy (non-hydrogen) atoms. The number of fused-ring (bicyclic) bond motifs is 3. The molecule has 0 saturated carbocycles. The van der Waals surface area contributed by atoms with Crippen molar-refractivity contribution in [2.24, 2.45) is 23.7 Å². The van der Waals surface area contributed by atoms with E-state index >= 15 is 0 Å². The number of non-ortho nitro benzene ring substituents is 1. The third-order valence-electron chi connectivity index (χ3n) is 8.76. The minimum absolute atomic E-state index is 0.0701. The number of nitro benzene ring substituents is 1. The van der Waals surface area contributed by atoms with Crippen molar-refractivity contribution in [2.75, 3.05) is 4.90 Å². The van der Waals surface area contributed by atoms with E-state index in [1.807, 2.05) is 26.8 Å². The number of halogens is 1. The standard InChI is InChI=1S/C31H34BFN2O7/c1-4-18(12-19-8-10-26(36)25(33)13-19)9-11-27-28-22(17(2)3)15-23-29(24(28)16-32(39)42-27)31(38)34(30(23)37)20-6-5-7-21(14-20)35(40)41/h5-8,10,12-14,17,23-24,27,29,36,39H,4,9,11,15-16H2,1-3H3/b18-12+/t23-,24+,27-,29-/m1/s1. The molecule has 0 radical (unpaired) electrons. The molecule has 11 heteroatoms. The number of aromatic hydroxyl groups is 1. The molecule has 0 aromatic heterocycles. The Balaban J connectivity index is 1.45. The molecule has 2 fully saturated rings. The fourth-order valence-corrected chi connectivity index (χ4v) is 6.77. The summed E-state index contributed by atoms with van der Waals surface area (Å²) in [6, 6.07) is 9.77. The van der Waals surface area contributed by atoms with Crippen LogP contribution in [-0.2, 0) is 14.2 Å². The molecule has 0 unspecified atom stereocenters. The zero-order chi connectivity index (χ0) is 30.3. The zero-order valence-corrected chi connectivity index (χ0v) is 23.8. The zero-order valence-electron chi connectivity index (χ0n) is 23.8. The molecule has 9 nitrogen and oxygen atoms in total. The topological polar surface area (TPSA) is 130 Å². The second kappa shape index (κ2) is 11.8. The Morgan fingerprint density at radius 1 is 1.21 bits per heavy atom. The predicted molar refractivity (Wildman–Crippen MR) is 156 cm³/mol. The quantitative estimate of drug-likeness (QED) is 0.136. The maximum atomic E-state index is 13.9. The molecule has 5 rings (SSSR count). The maximum Gasteiger partial charge on any atom is 0.455 e. The number of carbonyl (C=O) groups is 2. The highest BCUT2D eigenvalue weighted by Crippen LogP contribution is 2.52. The minimum atomic E-state index is -1.12. The van der Waals surface area contributed by atoms with E-state index in [1.165, 1.54) is 36.4 Å². The lowest BCUT2D eigenvalue weighted by Gasteiger charge is -2.44. The number of amides is 2. The summed E-state index contributed by atoms with van der Waals surface area (Å²) in [6.45, 7) is 6.08. The van der Waals surface area contributed by atoms with Crippen LogP contribution in [0.25, 0.3) is 6.08 Å². The number of nitro groups is 1. The largest absolute Gasteiger partial charge is 0.505 e. The maximum absolute atomic E-state index is 13.9. The first-order valence-electron chi connectivity index (χ1n) is 14.4. The van der Waals surface area contributed by atoms with Gasteiger partial charge < -0.3 is 14.8 Å². The Bertz CT molecular complexity index is 1490. The third kappa shape index (κ3) is 5.50. The van der Waals surface area contributed by atoms with Gasteiger partial charge in [0.15, 0.2) is 11.6 Å². The number of phenols is 1. The number of phenolic OH excluding ortho intramolecular Hbond substituents is 1. The molecule has 220 valence electrons. The second-order valence-electron chi connectivity index (χ2n) is 11.6. The number of carbonyl (C=O) groups excluding carboxylic acids is 2. The first kappa shape index (κ1) is 29.7. The van der Waals surface area contributed by atoms with Gasteiger partial charge >= 0.3 is 7.12 Å². The van der Waals surface area contributed by atoms with Gasteiger partial charge in [-0.1, -0.05) is 50.1 Å². The number of rotatable bonds is 8. The lowest BCUT2D eigenvalue weighted by atomic mass is 9.57. The van der Waals surface area contributed by atoms with E-state index in [0.717, 1.165) is 21.6 Å². The molecule has 2 amide bonds. The summed E-state index contributed by atoms with van der Waals surface area (Å²) < 4.78 is 20.0. The minimum Gasteiger partial charge on any atom is -0.505 e. The van der Waals surface area contributed by atoms with Crippen LogP contribution >= 0.6 is 0 Å². The summed E-state index contributed by atoms with van der Waals surface area (Å²) in [7, 11) is -1.12. The van der Waals surface area contributed by atoms with E-state index in [1.54, 1.807) is 6.07 Å². The number of nitrogens with zero attached hydrogens (tertiary/aromatic N) is 2. The number of imide groups is 1. The van der Waals surface area contributed by atoms with Gasteiger partial charge in [-0.2, -0.15) is 0 Å². The fourth-order valence-electron chi connectivity index (χ4n) is 6.77. The highest BCUT2D eigenvalue weighted by Gasteiger charge is 2.58. The van der Waals surface area contributed by atoms with Crippen molar-refractivity contribution >= 4 is 36.4 Å². The molecular weight excluding hydrogens is 542 g/mol. The van der Waals surface area contributed by atoms with E-state index < -0.39 is 53.4 Å². The van der Waals surface area contributed by atoms with Crippen LogP contribution < -0.4 is 4.90 Å². The molecule has 0 bridgehead atoms. The van der Waals surface area contributed by atoms with Crippen LogP contribution in [0.5, 0.6) is 5.75 Å². The van der Waals surface area contributed by atoms with Crippen LogP contribution in [0.2, 0.25) is 6.32 Å². The Kier molecular flexibility index (Phi) is 8.34. The fraction of sp³-hybridized carbons (Fsp3) is 0.419. The highest BCUT2D eigenvalue weighted by molar-refractivity contribution is 6.43. The van der Waals surface area contributed by atoms with E-state index in [9.17, 15) is 34.2 Å². The number of benzene rings is 2. The van der Waals surface area contributed by atoms with Crippen molar-refractivity contribution in [3.05, 3.63) is 80.7 Å². The summed E-state index contributed by atoms with van der Waals surface area (Å²) in [5.74, 6) is -3.55. The van der Waals surface area contributed by atoms with Gasteiger partial charge in [0, 0.05) is 12.1 Å². The Labute approximate surface area is 244 Å². The number of hydrogen-bond donors (Lipinski definition) is 2. The third-order valence-corrected chi connectivity index (χ3v) is 8.76. The molecular formula is C31H34BFN2O7. The van der Waals surface area contributed by atoms with E-state index in [-0.39, 0.29) is 29.5 Å². The predicted octanol–water partition coefficient (Wildman–Crippen LogP) is 5.67. The molecule has 4 atom stereocenters. The normalized spacial score (nSPS) is 24.4. The Morgan fingerprint density at radius 2 is 1.98 bits per heavy atom. The Morgan fingerprint density at radius 3 is 2.64 bits per heavy atom. The first-order valence-corrected chi connectivity index (χ1v) is 14.4. The molecule has 2 aromatic carbocycles. The second-order valence-corrected chi connectivity index (χ2v) is 11.6. The average Bonchev–Trinajstić information content (AvgIpc) is 3.21. The highest BCUT2D eigenvalue weighted by atomic mass is 19.1. The summed E-state index contributed by atoms with van der Waals surface area (Å²) >= 11 is 0. The summed E-state index contributed by atoms with van der Waals surface area (Å²) in [6.07, 6.45) is 3.78. The van der Waals surface area contributed by atoms with Crippen LogP contribution in [0.15, 0.2) is 59.2 Å². The van der Waals surface area contributed by atoms with Crippen LogP contribution in [-0.4, -0.2) is 40.1 Å². The van der Waals surface area contributed by atoms with Gasteiger partial charge in [0.25, 0.3) is 5.69 Å². The number of anilines is 1. The molecule has 2 N–H and O–H groups in total. The SMILES string of the molecule is CC/C(=C\c1ccc(O)c(F)c1)CC[C@H]1OB(O)C[C@H]2C1=C(C(C)C)C[C@H]1C(=O)N(c3cccc([N+](=O)[O-])c3)C(=O)[C@H]12. The van der Waals surface area contributed by atoms with E-state index in [2.05, 4.69) is 0 Å². The lowest BCUT2D eigenvalue weighted by Crippen LogP contribution is -2.46. The van der Waals surface area contributed by atoms with Crippen LogP contribution in [0.3, 0.4) is 0 Å². The van der Waals surface area contributed by atoms with E-state index in [4.69, 9.17) is 4.65 Å². The molecule has 3 aliphatic rings. The number of allylic oxidation sites excluding steroid dienone is 2. The van der Waals surface area contributed by atoms with Crippen LogP contribution in [0.1, 0.15) is 52.0 Å². The van der Waals surface area contributed by atoms with Gasteiger partial charge in [-0.15, -0.1) is 0 Å². The molecule has 2 saturated heterocycles. The van der Waals surface area contributed by atoms with Gasteiger partial charge in [0.1, 0.15) is 0 Å². The number of hydrogen-bond acceptors (Lipinski definition) is 7. The van der Waals surface area contributed by atoms with Crippen molar-refractivity contribution in [3.63, 3.8) is 0 Å². The van der Waals surface area contributed by atoms with Crippen molar-refractivity contribution in [3.8, 4) is 5.75 Å². The van der Waals surface area contributed by atoms with Crippen molar-refractivity contribution in [1.29, 1.82) is 0 Å². The molecule has 2 aliphatic heterocycles. The molecule has 0 spiro atoms. The van der Waals surface area contributed by atoms with E-state index in [0.29, 0.717) is 31.2 Å². The van der Waals surface area contributed by atoms with Crippen LogP contribution in [0.4, 0.5) is 15.8 Å². The molecule has 1 aliphatic carbocycles. The first-order chi connectivity index (χ1) is 20.0. The lowest BCUT2D eigenvalue weighted by molar-refractivity contribution is -0.384. The monoisotopic (exact) mass is 576 g/mol. The van der Waals surface area contributed by atoms with Gasteiger partial charge in [-0.3, -0.25) is 19.7 Å². The molecule has 2 aromatic rings. The molecule has 2 heterocycles. The van der Waals surface area contributed by atoms with Crippen LogP contribution in [0, 0.1) is 39.6 Å². The smallest absolute Gasteiger partial charge is 0.455 e. The summed E-state index contributed by atoms with van der Waals surface area (Å²) in [5, 5.41) is 31.7. The van der Waals surface area contributed by atoms with Gasteiger partial charge in [0.05, 0.1) is 28.6 Å². The Hall–Kier alpha value is -3.83. The van der Waals surface area contributed by atoms with Crippen molar-refractivity contribution in [2.45, 2.75) is 58.9 Å².